The van der Waals surface area contributed by atoms with Crippen LogP contribution in [0, 0.1) is 0 Å². The lowest BCUT2D eigenvalue weighted by atomic mass is 10.3. The highest BCUT2D eigenvalue weighted by atomic mass is 35.5. The van der Waals surface area contributed by atoms with Crippen molar-refractivity contribution in [2.45, 2.75) is 12.8 Å². The fraction of sp³-hybridized carbons (Fsp3) is 0.471. The molecule has 2 aliphatic rings. The van der Waals surface area contributed by atoms with E-state index in [0.717, 1.165) is 56.9 Å². The first-order valence-corrected chi connectivity index (χ1v) is 8.87. The number of nitrogens with zero attached hydrogens (tertiary/aromatic N) is 6. The molecule has 0 saturated carbocycles. The van der Waals surface area contributed by atoms with Gasteiger partial charge in [-0.15, -0.1) is 0 Å². The zero-order valence-electron chi connectivity index (χ0n) is 13.6. The second-order valence-corrected chi connectivity index (χ2v) is 6.60. The van der Waals surface area contributed by atoms with E-state index in [2.05, 4.69) is 24.7 Å². The van der Waals surface area contributed by atoms with Crippen LogP contribution < -0.4 is 14.7 Å². The average Bonchev–Trinajstić information content (AvgIpc) is 3.17. The van der Waals surface area contributed by atoms with Crippen molar-refractivity contribution in [2.75, 3.05) is 54.0 Å². The fourth-order valence-corrected chi connectivity index (χ4v) is 3.58. The highest BCUT2D eigenvalue weighted by molar-refractivity contribution is 6.32. The summed E-state index contributed by atoms with van der Waals surface area (Å²) in [5.74, 6) is 2.75. The predicted molar refractivity (Wildman–Crippen MR) is 97.2 cm³/mol. The third kappa shape index (κ3) is 3.11. The number of halogens is 1. The molecule has 0 aromatic carbocycles. The Hall–Kier alpha value is -2.08. The quantitative estimate of drug-likeness (QED) is 0.852. The Kier molecular flexibility index (Phi) is 4.38. The molecule has 126 valence electrons. The number of hydrogen-bond acceptors (Lipinski definition) is 6. The van der Waals surface area contributed by atoms with Crippen molar-refractivity contribution in [1.82, 2.24) is 15.0 Å². The third-order valence-corrected chi connectivity index (χ3v) is 4.95. The SMILES string of the molecule is Clc1cccnc1N1CCN(c2ccnc(N3CCCC3)n2)CC1. The number of hydrogen-bond donors (Lipinski definition) is 0. The lowest BCUT2D eigenvalue weighted by molar-refractivity contribution is 0.640. The van der Waals surface area contributed by atoms with Gasteiger partial charge in [0.25, 0.3) is 0 Å². The van der Waals surface area contributed by atoms with Crippen LogP contribution in [0.4, 0.5) is 17.6 Å². The van der Waals surface area contributed by atoms with E-state index in [-0.39, 0.29) is 0 Å². The summed E-state index contributed by atoms with van der Waals surface area (Å²) in [5.41, 5.74) is 0. The summed E-state index contributed by atoms with van der Waals surface area (Å²) in [5, 5.41) is 0.712. The molecule has 0 spiro atoms. The van der Waals surface area contributed by atoms with E-state index in [0.29, 0.717) is 5.02 Å². The van der Waals surface area contributed by atoms with Crippen molar-refractivity contribution in [3.8, 4) is 0 Å². The Morgan fingerprint density at radius 3 is 2.29 bits per heavy atom. The Morgan fingerprint density at radius 2 is 1.54 bits per heavy atom. The van der Waals surface area contributed by atoms with Gasteiger partial charge < -0.3 is 14.7 Å². The second kappa shape index (κ2) is 6.81. The number of piperazine rings is 1. The molecule has 24 heavy (non-hydrogen) atoms. The van der Waals surface area contributed by atoms with Gasteiger partial charge >= 0.3 is 0 Å². The zero-order valence-corrected chi connectivity index (χ0v) is 14.4. The molecule has 0 atom stereocenters. The van der Waals surface area contributed by atoms with Crippen molar-refractivity contribution in [1.29, 1.82) is 0 Å². The number of anilines is 3. The van der Waals surface area contributed by atoms with E-state index in [4.69, 9.17) is 16.6 Å². The molecule has 0 amide bonds. The van der Waals surface area contributed by atoms with E-state index in [1.165, 1.54) is 12.8 Å². The van der Waals surface area contributed by atoms with Crippen LogP contribution in [0.3, 0.4) is 0 Å². The first-order valence-electron chi connectivity index (χ1n) is 8.50. The van der Waals surface area contributed by atoms with Crippen LogP contribution in [-0.4, -0.2) is 54.2 Å². The average molecular weight is 345 g/mol. The molecule has 2 aliphatic heterocycles. The second-order valence-electron chi connectivity index (χ2n) is 6.19. The standard InChI is InChI=1S/C17H21ClN6/c18-14-4-3-6-19-16(14)23-12-10-22(11-13-23)15-5-7-20-17(21-15)24-8-1-2-9-24/h3-7H,1-2,8-13H2. The number of pyridine rings is 1. The molecule has 0 radical (unpaired) electrons. The van der Waals surface area contributed by atoms with Crippen LogP contribution in [0.2, 0.25) is 5.02 Å². The van der Waals surface area contributed by atoms with Crippen molar-refractivity contribution >= 4 is 29.2 Å². The maximum atomic E-state index is 6.26. The van der Waals surface area contributed by atoms with Gasteiger partial charge in [0.2, 0.25) is 5.95 Å². The van der Waals surface area contributed by atoms with Gasteiger partial charge in [0.15, 0.2) is 0 Å². The zero-order chi connectivity index (χ0) is 16.4. The van der Waals surface area contributed by atoms with Gasteiger partial charge in [0.1, 0.15) is 11.6 Å². The van der Waals surface area contributed by atoms with Crippen LogP contribution in [-0.2, 0) is 0 Å². The van der Waals surface area contributed by atoms with Gasteiger partial charge in [-0.25, -0.2) is 9.97 Å². The highest BCUT2D eigenvalue weighted by Crippen LogP contribution is 2.25. The molecular formula is C17H21ClN6. The largest absolute Gasteiger partial charge is 0.353 e. The Balaban J connectivity index is 1.44. The van der Waals surface area contributed by atoms with Gasteiger partial charge in [-0.05, 0) is 31.0 Å². The van der Waals surface area contributed by atoms with Crippen molar-refractivity contribution in [3.05, 3.63) is 35.6 Å². The van der Waals surface area contributed by atoms with Crippen LogP contribution in [0.25, 0.3) is 0 Å². The first-order chi connectivity index (χ1) is 11.8. The summed E-state index contributed by atoms with van der Waals surface area (Å²) in [6.45, 7) is 5.72. The minimum absolute atomic E-state index is 0.712. The van der Waals surface area contributed by atoms with E-state index in [1.54, 1.807) is 6.20 Å². The topological polar surface area (TPSA) is 48.4 Å². The minimum Gasteiger partial charge on any atom is -0.353 e. The molecule has 2 saturated heterocycles. The fourth-order valence-electron chi connectivity index (χ4n) is 3.34. The smallest absolute Gasteiger partial charge is 0.227 e. The Labute approximate surface area is 147 Å². The van der Waals surface area contributed by atoms with E-state index in [9.17, 15) is 0 Å². The van der Waals surface area contributed by atoms with Crippen molar-refractivity contribution in [2.24, 2.45) is 0 Å². The molecule has 2 aromatic rings. The molecule has 2 fully saturated rings. The number of aromatic nitrogens is 3. The molecule has 4 rings (SSSR count). The predicted octanol–water partition coefficient (Wildman–Crippen LogP) is 2.45. The minimum atomic E-state index is 0.712. The van der Waals surface area contributed by atoms with Crippen molar-refractivity contribution < 1.29 is 0 Å². The maximum absolute atomic E-state index is 6.26. The molecule has 0 unspecified atom stereocenters. The first kappa shape index (κ1) is 15.4. The molecule has 0 bridgehead atoms. The lowest BCUT2D eigenvalue weighted by Crippen LogP contribution is -2.47. The Bertz CT molecular complexity index is 695. The molecule has 4 heterocycles. The van der Waals surface area contributed by atoms with Crippen LogP contribution >= 0.6 is 11.6 Å². The number of rotatable bonds is 3. The van der Waals surface area contributed by atoms with Gasteiger partial charge in [-0.1, -0.05) is 11.6 Å². The van der Waals surface area contributed by atoms with E-state index < -0.39 is 0 Å². The van der Waals surface area contributed by atoms with Gasteiger partial charge in [0.05, 0.1) is 5.02 Å². The lowest BCUT2D eigenvalue weighted by Gasteiger charge is -2.36. The summed E-state index contributed by atoms with van der Waals surface area (Å²) in [7, 11) is 0. The summed E-state index contributed by atoms with van der Waals surface area (Å²) < 4.78 is 0. The molecule has 2 aromatic heterocycles. The molecule has 7 heteroatoms. The Morgan fingerprint density at radius 1 is 0.792 bits per heavy atom. The molecule has 6 nitrogen and oxygen atoms in total. The van der Waals surface area contributed by atoms with Gasteiger partial charge in [-0.3, -0.25) is 0 Å². The van der Waals surface area contributed by atoms with Crippen LogP contribution in [0.15, 0.2) is 30.6 Å². The van der Waals surface area contributed by atoms with Crippen molar-refractivity contribution in [3.63, 3.8) is 0 Å². The summed E-state index contributed by atoms with van der Waals surface area (Å²) in [6.07, 6.45) is 6.13. The van der Waals surface area contributed by atoms with Gasteiger partial charge in [-0.2, -0.15) is 4.98 Å². The molecule has 0 N–H and O–H groups in total. The van der Waals surface area contributed by atoms with E-state index >= 15 is 0 Å². The van der Waals surface area contributed by atoms with Crippen LogP contribution in [0.1, 0.15) is 12.8 Å². The van der Waals surface area contributed by atoms with E-state index in [1.807, 2.05) is 24.4 Å². The summed E-state index contributed by atoms with van der Waals surface area (Å²) in [6, 6.07) is 5.76. The molecular weight excluding hydrogens is 324 g/mol. The monoisotopic (exact) mass is 344 g/mol. The van der Waals surface area contributed by atoms with Crippen LogP contribution in [0.5, 0.6) is 0 Å². The third-order valence-electron chi connectivity index (χ3n) is 4.66. The maximum Gasteiger partial charge on any atom is 0.227 e. The highest BCUT2D eigenvalue weighted by Gasteiger charge is 2.22. The summed E-state index contributed by atoms with van der Waals surface area (Å²) >= 11 is 6.26. The molecule has 0 aliphatic carbocycles. The normalized spacial score (nSPS) is 18.3. The van der Waals surface area contributed by atoms with Gasteiger partial charge in [0, 0.05) is 51.7 Å². The summed E-state index contributed by atoms with van der Waals surface area (Å²) in [4.78, 5) is 20.4.